The molecule has 12 heavy (non-hydrogen) atoms. The minimum absolute atomic E-state index is 0. The third kappa shape index (κ3) is 461. The van der Waals surface area contributed by atoms with Gasteiger partial charge in [-0.3, -0.25) is 0 Å². The smallest absolute Gasteiger partial charge is 1.00 e. The molecule has 0 aromatic carbocycles. The van der Waals surface area contributed by atoms with Gasteiger partial charge in [0, 0.05) is 0 Å². The second kappa shape index (κ2) is 78.6. The topological polar surface area (TPSA) is 250 Å². The zero-order valence-corrected chi connectivity index (χ0v) is 10.9. The van der Waals surface area contributed by atoms with Gasteiger partial charge >= 0.3 is 66.4 Å². The summed E-state index contributed by atoms with van der Waals surface area (Å²) in [6.07, 6.45) is 0. The molecule has 0 saturated heterocycles. The summed E-state index contributed by atoms with van der Waals surface area (Å²) in [5.74, 6) is 0. The molecule has 0 aliphatic rings. The van der Waals surface area contributed by atoms with Gasteiger partial charge in [0.05, 0.1) is 0 Å². The van der Waals surface area contributed by atoms with E-state index in [1.807, 2.05) is 0 Å². The van der Waals surface area contributed by atoms with Crippen LogP contribution in [0.25, 0.3) is 0 Å². The van der Waals surface area contributed by atoms with Crippen LogP contribution in [0.4, 0.5) is 0 Å². The minimum atomic E-state index is -2.17. The van der Waals surface area contributed by atoms with Gasteiger partial charge in [-0.25, -0.2) is 0 Å². The molecule has 0 unspecified atom stereocenters. The fourth-order valence-electron chi connectivity index (χ4n) is 0. The molecular weight excluding hydrogens is 201 g/mol. The predicted octanol–water partition coefficient (Wildman–Crippen LogP) is -12.8. The van der Waals surface area contributed by atoms with E-state index < -0.39 is 7.32 Å². The number of hydrogen-bond acceptors (Lipinski definition) is 3. The predicted molar refractivity (Wildman–Crippen MR) is 36.3 cm³/mol. The summed E-state index contributed by atoms with van der Waals surface area (Å²) in [5, 5.41) is 21.5. The van der Waals surface area contributed by atoms with Crippen molar-refractivity contribution in [3.8, 4) is 0 Å². The summed E-state index contributed by atoms with van der Waals surface area (Å²) in [5.41, 5.74) is 0. The van der Waals surface area contributed by atoms with Crippen molar-refractivity contribution in [3.05, 3.63) is 0 Å². The van der Waals surface area contributed by atoms with Crippen LogP contribution in [0, 0.1) is 0 Å². The first-order valence-corrected chi connectivity index (χ1v) is 0.775. The molecule has 0 fully saturated rings. The molecule has 0 aliphatic heterocycles. The van der Waals surface area contributed by atoms with Gasteiger partial charge in [0.15, 0.2) is 0 Å². The molecule has 12 heteroatoms. The van der Waals surface area contributed by atoms with E-state index in [-0.39, 0.29) is 94.8 Å². The molecule has 0 bridgehead atoms. The quantitative estimate of drug-likeness (QED) is 0.334. The second-order valence-corrected chi connectivity index (χ2v) is 0.346. The van der Waals surface area contributed by atoms with Gasteiger partial charge in [0.1, 0.15) is 0 Å². The van der Waals surface area contributed by atoms with Crippen LogP contribution >= 0.6 is 0 Å². The Morgan fingerprint density at radius 3 is 0.583 bits per heavy atom. The molecule has 0 aliphatic carbocycles. The van der Waals surface area contributed by atoms with Crippen molar-refractivity contribution < 1.29 is 110 Å². The fourth-order valence-corrected chi connectivity index (χ4v) is 0. The molecule has 0 aromatic rings. The maximum atomic E-state index is 7.17. The van der Waals surface area contributed by atoms with Crippen molar-refractivity contribution in [2.45, 2.75) is 0 Å². The first-order chi connectivity index (χ1) is 1.73. The van der Waals surface area contributed by atoms with Crippen LogP contribution in [-0.4, -0.2) is 55.3 Å². The molecule has 0 saturated carbocycles. The molecule has 15 N–H and O–H groups in total. The molecule has 9 nitrogen and oxygen atoms in total. The van der Waals surface area contributed by atoms with Crippen LogP contribution in [-0.2, 0) is 0 Å². The Labute approximate surface area is 116 Å². The van der Waals surface area contributed by atoms with Crippen LogP contribution in [0.2, 0.25) is 0 Å². The normalized spacial score (nSPS) is 2.25. The van der Waals surface area contributed by atoms with Gasteiger partial charge in [-0.15, -0.1) is 0 Å². The van der Waals surface area contributed by atoms with Crippen molar-refractivity contribution in [2.75, 3.05) is 0 Å². The van der Waals surface area contributed by atoms with Gasteiger partial charge in [0.25, 0.3) is 0 Å². The van der Waals surface area contributed by atoms with Gasteiger partial charge in [0.2, 0.25) is 0 Å². The zero-order valence-electron chi connectivity index (χ0n) is 8.92. The molecule has 0 atom stereocenters. The zero-order chi connectivity index (χ0) is 3.58. The molecular formula is H17BNa2O9. The maximum absolute atomic E-state index is 7.17. The molecule has 0 rings (SSSR count). The van der Waals surface area contributed by atoms with Crippen LogP contribution in [0.1, 0.15) is 2.85 Å². The maximum Gasteiger partial charge on any atom is 1.00 e. The standard InChI is InChI=1S/BH3O3.2Na.6H2O.2H/c2-1(3)4;;;;;;;;;;/h2-4H;;;6*1H2;;/q;2*+1;;;;;;;2*-1. The van der Waals surface area contributed by atoms with Crippen LogP contribution in [0.15, 0.2) is 0 Å². The van der Waals surface area contributed by atoms with Gasteiger partial charge in [-0.2, -0.15) is 0 Å². The summed E-state index contributed by atoms with van der Waals surface area (Å²) < 4.78 is 0. The van der Waals surface area contributed by atoms with Gasteiger partial charge in [-0.1, -0.05) is 0 Å². The molecule has 0 heterocycles. The summed E-state index contributed by atoms with van der Waals surface area (Å²) in [7, 11) is -2.17. The monoisotopic (exact) mass is 218 g/mol. The van der Waals surface area contributed by atoms with Crippen molar-refractivity contribution in [3.63, 3.8) is 0 Å². The van der Waals surface area contributed by atoms with E-state index in [9.17, 15) is 0 Å². The third-order valence-electron chi connectivity index (χ3n) is 0. The Morgan fingerprint density at radius 2 is 0.583 bits per heavy atom. The van der Waals surface area contributed by atoms with E-state index in [2.05, 4.69) is 0 Å². The van der Waals surface area contributed by atoms with Crippen molar-refractivity contribution in [2.24, 2.45) is 0 Å². The molecule has 0 radical (unpaired) electrons. The summed E-state index contributed by atoms with van der Waals surface area (Å²) in [4.78, 5) is 0. The van der Waals surface area contributed by atoms with Gasteiger partial charge < -0.3 is 50.8 Å². The van der Waals surface area contributed by atoms with Gasteiger partial charge in [-0.05, 0) is 0 Å². The average Bonchev–Trinajstić information content (AvgIpc) is 0.811. The van der Waals surface area contributed by atoms with Crippen LogP contribution in [0.5, 0.6) is 0 Å². The van der Waals surface area contributed by atoms with E-state index in [1.165, 1.54) is 0 Å². The van der Waals surface area contributed by atoms with Crippen LogP contribution < -0.4 is 59.1 Å². The first-order valence-electron chi connectivity index (χ1n) is 0.775. The second-order valence-electron chi connectivity index (χ2n) is 0.346. The van der Waals surface area contributed by atoms with Crippen LogP contribution in [0.3, 0.4) is 0 Å². The number of rotatable bonds is 0. The molecule has 0 aromatic heterocycles. The average molecular weight is 218 g/mol. The fraction of sp³-hybridized carbons (Fsp3) is 0. The van der Waals surface area contributed by atoms with E-state index >= 15 is 0 Å². The Bertz CT molecular complexity index is 25.5. The first kappa shape index (κ1) is 99.9. The summed E-state index contributed by atoms with van der Waals surface area (Å²) in [6.45, 7) is 0. The van der Waals surface area contributed by atoms with E-state index in [0.717, 1.165) is 0 Å². The largest absolute Gasteiger partial charge is 1.00 e. The molecule has 76 valence electrons. The van der Waals surface area contributed by atoms with E-state index in [0.29, 0.717) is 0 Å². The van der Waals surface area contributed by atoms with Crippen molar-refractivity contribution >= 4 is 7.32 Å². The Kier molecular flexibility index (Phi) is 655. The van der Waals surface area contributed by atoms with E-state index in [4.69, 9.17) is 15.1 Å². The summed E-state index contributed by atoms with van der Waals surface area (Å²) in [6, 6.07) is 0. The Balaban J connectivity index is -0.000000001000. The SMILES string of the molecule is O.O.O.O.O.O.OB(O)O.[H-].[H-].[Na+].[Na+]. The summed E-state index contributed by atoms with van der Waals surface area (Å²) >= 11 is 0. The molecule has 0 amide bonds. The van der Waals surface area contributed by atoms with Crippen molar-refractivity contribution in [1.82, 2.24) is 0 Å². The Hall–Kier alpha value is 1.70. The minimum Gasteiger partial charge on any atom is -1.00 e. The third-order valence-corrected chi connectivity index (χ3v) is 0. The Morgan fingerprint density at radius 1 is 0.583 bits per heavy atom. The van der Waals surface area contributed by atoms with E-state index in [1.54, 1.807) is 0 Å². The van der Waals surface area contributed by atoms with Crippen molar-refractivity contribution in [1.29, 1.82) is 0 Å². The number of hydrogen-bond donors (Lipinski definition) is 3. The molecule has 0 spiro atoms.